The van der Waals surface area contributed by atoms with E-state index in [1.807, 2.05) is 25.1 Å². The Morgan fingerprint density at radius 3 is 2.59 bits per heavy atom. The average molecular weight is 311 g/mol. The molecule has 1 atom stereocenters. The second kappa shape index (κ2) is 5.84. The number of hydrazine groups is 1. The Balaban J connectivity index is 2.82. The predicted molar refractivity (Wildman–Crippen MR) is 64.2 cm³/mol. The lowest BCUT2D eigenvalue weighted by atomic mass is 10.0. The minimum Gasteiger partial charge on any atom is -0.271 e. The number of nitrogens with two attached hydrogens (primary N) is 1. The zero-order chi connectivity index (χ0) is 13.1. The van der Waals surface area contributed by atoms with Crippen LogP contribution in [0.2, 0.25) is 0 Å². The van der Waals surface area contributed by atoms with E-state index < -0.39 is 18.6 Å². The highest BCUT2D eigenvalue weighted by molar-refractivity contribution is 9.10. The minimum atomic E-state index is -4.16. The Morgan fingerprint density at radius 1 is 1.41 bits per heavy atom. The Labute approximate surface area is 106 Å². The molecule has 0 saturated carbocycles. The maximum atomic E-state index is 12.2. The molecule has 0 aliphatic carbocycles. The third-order valence-electron chi connectivity index (χ3n) is 2.44. The molecular formula is C11H14BrF3N2. The van der Waals surface area contributed by atoms with Crippen LogP contribution in [0.1, 0.15) is 30.0 Å². The molecule has 0 radical (unpaired) electrons. The molecule has 0 heterocycles. The molecule has 0 aliphatic heterocycles. The topological polar surface area (TPSA) is 38.0 Å². The van der Waals surface area contributed by atoms with Crippen LogP contribution in [0.4, 0.5) is 13.2 Å². The summed E-state index contributed by atoms with van der Waals surface area (Å²) >= 11 is 3.32. The van der Waals surface area contributed by atoms with Crippen molar-refractivity contribution in [1.29, 1.82) is 0 Å². The third kappa shape index (κ3) is 4.65. The zero-order valence-electron chi connectivity index (χ0n) is 9.31. The maximum Gasteiger partial charge on any atom is 0.389 e. The summed E-state index contributed by atoms with van der Waals surface area (Å²) in [7, 11) is 0. The highest BCUT2D eigenvalue weighted by atomic mass is 79.9. The van der Waals surface area contributed by atoms with Gasteiger partial charge in [0.15, 0.2) is 0 Å². The minimum absolute atomic E-state index is 0.0813. The lowest BCUT2D eigenvalue weighted by Crippen LogP contribution is -2.29. The van der Waals surface area contributed by atoms with E-state index in [4.69, 9.17) is 5.84 Å². The molecule has 0 saturated heterocycles. The first-order valence-electron chi connectivity index (χ1n) is 5.12. The van der Waals surface area contributed by atoms with Gasteiger partial charge < -0.3 is 0 Å². The molecule has 0 fully saturated rings. The molecule has 6 heteroatoms. The summed E-state index contributed by atoms with van der Waals surface area (Å²) in [6.45, 7) is 1.88. The lowest BCUT2D eigenvalue weighted by Gasteiger charge is -2.19. The first kappa shape index (κ1) is 14.5. The molecule has 0 amide bonds. The maximum absolute atomic E-state index is 12.2. The van der Waals surface area contributed by atoms with Crippen molar-refractivity contribution in [3.8, 4) is 0 Å². The summed E-state index contributed by atoms with van der Waals surface area (Å²) in [6, 6.07) is 5.00. The van der Waals surface area contributed by atoms with Gasteiger partial charge in [-0.15, -0.1) is 0 Å². The van der Waals surface area contributed by atoms with Crippen LogP contribution in [0.25, 0.3) is 0 Å². The van der Waals surface area contributed by atoms with Gasteiger partial charge in [-0.25, -0.2) is 0 Å². The van der Waals surface area contributed by atoms with E-state index in [0.29, 0.717) is 0 Å². The number of hydrogen-bond donors (Lipinski definition) is 2. The first-order valence-corrected chi connectivity index (χ1v) is 5.91. The van der Waals surface area contributed by atoms with Crippen molar-refractivity contribution in [2.75, 3.05) is 0 Å². The van der Waals surface area contributed by atoms with Gasteiger partial charge in [-0.3, -0.25) is 11.3 Å². The fraction of sp³-hybridized carbons (Fsp3) is 0.455. The van der Waals surface area contributed by atoms with Crippen LogP contribution in [0.3, 0.4) is 0 Å². The SMILES string of the molecule is Cc1ccc(Br)c(C(CCC(F)(F)F)NN)c1. The lowest BCUT2D eigenvalue weighted by molar-refractivity contribution is -0.136. The Bertz CT molecular complexity index is 379. The number of aryl methyl sites for hydroxylation is 1. The monoisotopic (exact) mass is 310 g/mol. The summed E-state index contributed by atoms with van der Waals surface area (Å²) in [4.78, 5) is 0. The van der Waals surface area contributed by atoms with E-state index in [1.165, 1.54) is 0 Å². The van der Waals surface area contributed by atoms with Gasteiger partial charge in [0.25, 0.3) is 0 Å². The van der Waals surface area contributed by atoms with E-state index in [1.54, 1.807) is 0 Å². The smallest absolute Gasteiger partial charge is 0.271 e. The summed E-state index contributed by atoms with van der Waals surface area (Å²) in [5.74, 6) is 5.31. The second-order valence-corrected chi connectivity index (χ2v) is 4.75. The zero-order valence-corrected chi connectivity index (χ0v) is 10.9. The predicted octanol–water partition coefficient (Wildman–Crippen LogP) is 3.60. The average Bonchev–Trinajstić information content (AvgIpc) is 2.22. The van der Waals surface area contributed by atoms with Crippen molar-refractivity contribution in [1.82, 2.24) is 5.43 Å². The number of halogens is 4. The molecule has 0 bridgehead atoms. The molecule has 2 nitrogen and oxygen atoms in total. The van der Waals surface area contributed by atoms with Gasteiger partial charge in [-0.2, -0.15) is 13.2 Å². The largest absolute Gasteiger partial charge is 0.389 e. The fourth-order valence-corrected chi connectivity index (χ4v) is 2.09. The van der Waals surface area contributed by atoms with Gasteiger partial charge in [0.1, 0.15) is 0 Å². The van der Waals surface area contributed by atoms with E-state index in [0.717, 1.165) is 15.6 Å². The number of nitrogens with one attached hydrogen (secondary N) is 1. The van der Waals surface area contributed by atoms with Gasteiger partial charge in [0.05, 0.1) is 0 Å². The van der Waals surface area contributed by atoms with Crippen molar-refractivity contribution in [2.45, 2.75) is 32.0 Å². The molecule has 0 spiro atoms. The van der Waals surface area contributed by atoms with Gasteiger partial charge in [-0.05, 0) is 25.0 Å². The standard InChI is InChI=1S/C11H14BrF3N2/c1-7-2-3-9(12)8(6-7)10(17-16)4-5-11(13,14)15/h2-3,6,10,17H,4-5,16H2,1H3. The molecule has 3 N–H and O–H groups in total. The molecule has 0 aromatic heterocycles. The fourth-order valence-electron chi connectivity index (χ4n) is 1.57. The summed E-state index contributed by atoms with van der Waals surface area (Å²) in [6.07, 6.45) is -5.10. The summed E-state index contributed by atoms with van der Waals surface area (Å²) < 4.78 is 37.3. The van der Waals surface area contributed by atoms with Crippen LogP contribution >= 0.6 is 15.9 Å². The van der Waals surface area contributed by atoms with Gasteiger partial charge in [0, 0.05) is 16.9 Å². The molecular weight excluding hydrogens is 297 g/mol. The Hall–Kier alpha value is -0.590. The van der Waals surface area contributed by atoms with Crippen molar-refractivity contribution < 1.29 is 13.2 Å². The highest BCUT2D eigenvalue weighted by Crippen LogP contribution is 2.31. The van der Waals surface area contributed by atoms with Gasteiger partial charge in [-0.1, -0.05) is 33.6 Å². The van der Waals surface area contributed by atoms with Crippen LogP contribution < -0.4 is 11.3 Å². The van der Waals surface area contributed by atoms with Crippen molar-refractivity contribution in [3.05, 3.63) is 33.8 Å². The third-order valence-corrected chi connectivity index (χ3v) is 3.17. The van der Waals surface area contributed by atoms with Crippen LogP contribution in [0, 0.1) is 6.92 Å². The second-order valence-electron chi connectivity index (χ2n) is 3.90. The summed E-state index contributed by atoms with van der Waals surface area (Å²) in [5.41, 5.74) is 4.16. The molecule has 1 unspecified atom stereocenters. The van der Waals surface area contributed by atoms with Crippen molar-refractivity contribution in [2.24, 2.45) is 5.84 Å². The van der Waals surface area contributed by atoms with Crippen LogP contribution in [-0.4, -0.2) is 6.18 Å². The summed E-state index contributed by atoms with van der Waals surface area (Å²) in [5, 5.41) is 0. The van der Waals surface area contributed by atoms with Crippen LogP contribution in [0.5, 0.6) is 0 Å². The molecule has 1 rings (SSSR count). The van der Waals surface area contributed by atoms with Crippen molar-refractivity contribution in [3.63, 3.8) is 0 Å². The number of hydrogen-bond acceptors (Lipinski definition) is 2. The molecule has 17 heavy (non-hydrogen) atoms. The van der Waals surface area contributed by atoms with E-state index >= 15 is 0 Å². The quantitative estimate of drug-likeness (QED) is 0.658. The highest BCUT2D eigenvalue weighted by Gasteiger charge is 2.28. The molecule has 96 valence electrons. The number of rotatable bonds is 4. The van der Waals surface area contributed by atoms with Crippen LogP contribution in [0.15, 0.2) is 22.7 Å². The first-order chi connectivity index (χ1) is 7.83. The number of alkyl halides is 3. The normalized spacial score (nSPS) is 13.8. The molecule has 1 aromatic carbocycles. The van der Waals surface area contributed by atoms with E-state index in [2.05, 4.69) is 21.4 Å². The van der Waals surface area contributed by atoms with Gasteiger partial charge >= 0.3 is 6.18 Å². The van der Waals surface area contributed by atoms with Crippen molar-refractivity contribution >= 4 is 15.9 Å². The Kier molecular flexibility index (Phi) is 4.97. The number of benzene rings is 1. The molecule has 1 aromatic rings. The van der Waals surface area contributed by atoms with E-state index in [9.17, 15) is 13.2 Å². The van der Waals surface area contributed by atoms with E-state index in [-0.39, 0.29) is 6.42 Å². The Morgan fingerprint density at radius 2 is 2.06 bits per heavy atom. The van der Waals surface area contributed by atoms with Gasteiger partial charge in [0.2, 0.25) is 0 Å². The van der Waals surface area contributed by atoms with Crippen LogP contribution in [-0.2, 0) is 0 Å². The molecule has 0 aliphatic rings.